The Morgan fingerprint density at radius 3 is 2.62 bits per heavy atom. The summed E-state index contributed by atoms with van der Waals surface area (Å²) < 4.78 is 1.74. The van der Waals surface area contributed by atoms with E-state index in [4.69, 9.17) is 23.2 Å². The van der Waals surface area contributed by atoms with E-state index >= 15 is 0 Å². The molecule has 0 aliphatic carbocycles. The maximum absolute atomic E-state index is 6.35. The zero-order valence-electron chi connectivity index (χ0n) is 12.7. The largest absolute Gasteiger partial charge is 0.319 e. The number of hydrogen-bond acceptors (Lipinski definition) is 2. The lowest BCUT2D eigenvalue weighted by atomic mass is 9.92. The Kier molecular flexibility index (Phi) is 5.68. The van der Waals surface area contributed by atoms with Crippen LogP contribution in [0.25, 0.3) is 0 Å². The predicted octanol–water partition coefficient (Wildman–Crippen LogP) is 3.66. The Bertz CT molecular complexity index is 608. The molecule has 2 rings (SSSR count). The van der Waals surface area contributed by atoms with Crippen molar-refractivity contribution in [2.75, 3.05) is 13.6 Å². The number of nitrogens with zero attached hydrogens (tertiary/aromatic N) is 2. The minimum Gasteiger partial charge on any atom is -0.319 e. The zero-order valence-corrected chi connectivity index (χ0v) is 14.2. The van der Waals surface area contributed by atoms with Crippen molar-refractivity contribution in [1.82, 2.24) is 15.1 Å². The fourth-order valence-electron chi connectivity index (χ4n) is 2.70. The molecule has 1 unspecified atom stereocenters. The zero-order chi connectivity index (χ0) is 15.4. The highest BCUT2D eigenvalue weighted by Gasteiger charge is 2.17. The van der Waals surface area contributed by atoms with Gasteiger partial charge in [0.15, 0.2) is 0 Å². The van der Waals surface area contributed by atoms with Gasteiger partial charge in [0.05, 0.1) is 5.69 Å². The van der Waals surface area contributed by atoms with E-state index in [1.807, 2.05) is 39.2 Å². The second kappa shape index (κ2) is 7.30. The maximum atomic E-state index is 6.35. The van der Waals surface area contributed by atoms with Crippen LogP contribution in [-0.2, 0) is 19.9 Å². The number of hydrogen-bond donors (Lipinski definition) is 1. The van der Waals surface area contributed by atoms with Gasteiger partial charge in [-0.3, -0.25) is 4.68 Å². The van der Waals surface area contributed by atoms with Crippen LogP contribution in [0.15, 0.2) is 24.3 Å². The molecule has 0 spiro atoms. The van der Waals surface area contributed by atoms with Crippen LogP contribution in [0.1, 0.15) is 16.8 Å². The van der Waals surface area contributed by atoms with Gasteiger partial charge in [-0.25, -0.2) is 0 Å². The SMILES string of the molecule is CNCC(Cc1cccc(Cl)c1)Cc1c(C)nn(C)c1Cl. The van der Waals surface area contributed by atoms with E-state index in [-0.39, 0.29) is 0 Å². The Labute approximate surface area is 136 Å². The average molecular weight is 326 g/mol. The Morgan fingerprint density at radius 1 is 1.29 bits per heavy atom. The molecule has 0 saturated heterocycles. The molecule has 0 aliphatic heterocycles. The van der Waals surface area contributed by atoms with Crippen LogP contribution in [0.3, 0.4) is 0 Å². The smallest absolute Gasteiger partial charge is 0.130 e. The molecule has 3 nitrogen and oxygen atoms in total. The molecule has 0 bridgehead atoms. The van der Waals surface area contributed by atoms with Crippen LogP contribution in [0.2, 0.25) is 10.2 Å². The van der Waals surface area contributed by atoms with Gasteiger partial charge in [-0.15, -0.1) is 0 Å². The van der Waals surface area contributed by atoms with E-state index in [2.05, 4.69) is 16.5 Å². The fraction of sp³-hybridized carbons (Fsp3) is 0.438. The minimum absolute atomic E-state index is 0.453. The molecular formula is C16H21Cl2N3. The van der Waals surface area contributed by atoms with Crippen molar-refractivity contribution in [2.24, 2.45) is 13.0 Å². The van der Waals surface area contributed by atoms with Crippen LogP contribution >= 0.6 is 23.2 Å². The van der Waals surface area contributed by atoms with Gasteiger partial charge in [0.25, 0.3) is 0 Å². The molecule has 21 heavy (non-hydrogen) atoms. The highest BCUT2D eigenvalue weighted by Crippen LogP contribution is 2.24. The van der Waals surface area contributed by atoms with Gasteiger partial charge in [-0.2, -0.15) is 5.10 Å². The van der Waals surface area contributed by atoms with E-state index in [1.54, 1.807) is 4.68 Å². The molecule has 1 atom stereocenters. The molecule has 1 heterocycles. The summed E-state index contributed by atoms with van der Waals surface area (Å²) in [6, 6.07) is 8.05. The second-order valence-electron chi connectivity index (χ2n) is 5.44. The van der Waals surface area contributed by atoms with E-state index < -0.39 is 0 Å². The van der Waals surface area contributed by atoms with Gasteiger partial charge >= 0.3 is 0 Å². The number of rotatable bonds is 6. The lowest BCUT2D eigenvalue weighted by Crippen LogP contribution is -2.23. The summed E-state index contributed by atoms with van der Waals surface area (Å²) in [4.78, 5) is 0. The van der Waals surface area contributed by atoms with Crippen molar-refractivity contribution in [2.45, 2.75) is 19.8 Å². The van der Waals surface area contributed by atoms with Crippen LogP contribution in [-0.4, -0.2) is 23.4 Å². The predicted molar refractivity (Wildman–Crippen MR) is 89.2 cm³/mol. The van der Waals surface area contributed by atoms with Crippen molar-refractivity contribution >= 4 is 23.2 Å². The molecule has 0 radical (unpaired) electrons. The first kappa shape index (κ1) is 16.3. The summed E-state index contributed by atoms with van der Waals surface area (Å²) in [5, 5.41) is 9.17. The molecule has 0 aliphatic rings. The summed E-state index contributed by atoms with van der Waals surface area (Å²) in [6.45, 7) is 2.94. The topological polar surface area (TPSA) is 29.9 Å². The van der Waals surface area contributed by atoms with Gasteiger partial charge in [-0.1, -0.05) is 35.3 Å². The first-order valence-electron chi connectivity index (χ1n) is 7.08. The fourth-order valence-corrected chi connectivity index (χ4v) is 3.16. The molecule has 1 aromatic heterocycles. The van der Waals surface area contributed by atoms with Crippen molar-refractivity contribution in [3.05, 3.63) is 51.3 Å². The quantitative estimate of drug-likeness (QED) is 0.878. The van der Waals surface area contributed by atoms with E-state index in [1.165, 1.54) is 5.56 Å². The third-order valence-corrected chi connectivity index (χ3v) is 4.38. The van der Waals surface area contributed by atoms with E-state index in [9.17, 15) is 0 Å². The molecular weight excluding hydrogens is 305 g/mol. The van der Waals surface area contributed by atoms with Crippen LogP contribution in [0.4, 0.5) is 0 Å². The standard InChI is InChI=1S/C16H21Cl2N3/c1-11-15(16(18)21(3)20-11)9-13(10-19-2)7-12-5-4-6-14(17)8-12/h4-6,8,13,19H,7,9-10H2,1-3H3. The van der Waals surface area contributed by atoms with Gasteiger partial charge in [-0.05, 0) is 57.0 Å². The first-order valence-corrected chi connectivity index (χ1v) is 7.84. The van der Waals surface area contributed by atoms with Crippen molar-refractivity contribution in [3.8, 4) is 0 Å². The van der Waals surface area contributed by atoms with E-state index in [0.717, 1.165) is 40.8 Å². The average Bonchev–Trinajstić information content (AvgIpc) is 2.66. The van der Waals surface area contributed by atoms with Gasteiger partial charge in [0.1, 0.15) is 5.15 Å². The molecule has 1 N–H and O–H groups in total. The highest BCUT2D eigenvalue weighted by atomic mass is 35.5. The summed E-state index contributed by atoms with van der Waals surface area (Å²) in [6.07, 6.45) is 1.87. The van der Waals surface area contributed by atoms with Crippen LogP contribution in [0.5, 0.6) is 0 Å². The van der Waals surface area contributed by atoms with Gasteiger partial charge < -0.3 is 5.32 Å². The number of nitrogens with one attached hydrogen (secondary N) is 1. The Hall–Kier alpha value is -1.03. The molecule has 0 saturated carbocycles. The first-order chi connectivity index (χ1) is 10.0. The van der Waals surface area contributed by atoms with Crippen molar-refractivity contribution in [3.63, 3.8) is 0 Å². The van der Waals surface area contributed by atoms with Gasteiger partial charge in [0.2, 0.25) is 0 Å². The second-order valence-corrected chi connectivity index (χ2v) is 6.23. The number of halogens is 2. The number of benzene rings is 1. The third kappa shape index (κ3) is 4.22. The Balaban J connectivity index is 2.15. The summed E-state index contributed by atoms with van der Waals surface area (Å²) in [5.41, 5.74) is 3.40. The maximum Gasteiger partial charge on any atom is 0.130 e. The molecule has 0 fully saturated rings. The third-order valence-electron chi connectivity index (χ3n) is 3.67. The van der Waals surface area contributed by atoms with Crippen LogP contribution in [0, 0.1) is 12.8 Å². The lowest BCUT2D eigenvalue weighted by Gasteiger charge is -2.17. The van der Waals surface area contributed by atoms with Crippen molar-refractivity contribution < 1.29 is 0 Å². The summed E-state index contributed by atoms with van der Waals surface area (Å²) >= 11 is 12.4. The van der Waals surface area contributed by atoms with Crippen LogP contribution < -0.4 is 5.32 Å². The lowest BCUT2D eigenvalue weighted by molar-refractivity contribution is 0.492. The molecule has 2 aromatic rings. The number of aryl methyl sites for hydroxylation is 2. The summed E-state index contributed by atoms with van der Waals surface area (Å²) in [5.74, 6) is 0.453. The normalized spacial score (nSPS) is 12.6. The summed E-state index contributed by atoms with van der Waals surface area (Å²) in [7, 11) is 3.85. The molecule has 0 amide bonds. The monoisotopic (exact) mass is 325 g/mol. The molecule has 5 heteroatoms. The van der Waals surface area contributed by atoms with E-state index in [0.29, 0.717) is 5.92 Å². The molecule has 114 valence electrons. The highest BCUT2D eigenvalue weighted by molar-refractivity contribution is 6.30. The van der Waals surface area contributed by atoms with Crippen molar-refractivity contribution in [1.29, 1.82) is 0 Å². The Morgan fingerprint density at radius 2 is 2.05 bits per heavy atom. The molecule has 1 aromatic carbocycles. The minimum atomic E-state index is 0.453. The van der Waals surface area contributed by atoms with Gasteiger partial charge in [0, 0.05) is 17.6 Å². The number of aromatic nitrogens is 2.